The molecule has 10 nitrogen and oxygen atoms in total. The SMILES string of the molecule is O=C(CCN1C(=O)CNC1=O)Nc1ccc(NC(=O)c2ccc(N3CCCCC3=O)cc2)cc1. The van der Waals surface area contributed by atoms with Gasteiger partial charge in [0.2, 0.25) is 17.7 Å². The van der Waals surface area contributed by atoms with Crippen LogP contribution in [0.1, 0.15) is 36.0 Å². The summed E-state index contributed by atoms with van der Waals surface area (Å²) in [6.45, 7) is 0.657. The number of imide groups is 1. The highest BCUT2D eigenvalue weighted by atomic mass is 16.2. The van der Waals surface area contributed by atoms with Crippen LogP contribution in [0.15, 0.2) is 48.5 Å². The zero-order valence-electron chi connectivity index (χ0n) is 18.5. The second kappa shape index (κ2) is 10.2. The molecule has 0 unspecified atom stereocenters. The van der Waals surface area contributed by atoms with Crippen molar-refractivity contribution in [2.75, 3.05) is 35.2 Å². The number of urea groups is 1. The van der Waals surface area contributed by atoms with Crippen molar-refractivity contribution in [3.8, 4) is 0 Å². The molecule has 3 N–H and O–H groups in total. The number of carbonyl (C=O) groups is 5. The number of carbonyl (C=O) groups excluding carboxylic acids is 5. The van der Waals surface area contributed by atoms with Gasteiger partial charge in [0.05, 0.1) is 6.54 Å². The number of anilines is 3. The Morgan fingerprint density at radius 1 is 0.853 bits per heavy atom. The normalized spacial score (nSPS) is 15.8. The third-order valence-corrected chi connectivity index (χ3v) is 5.69. The summed E-state index contributed by atoms with van der Waals surface area (Å²) in [5, 5.41) is 7.89. The van der Waals surface area contributed by atoms with E-state index in [0.717, 1.165) is 23.4 Å². The second-order valence-electron chi connectivity index (χ2n) is 8.08. The highest BCUT2D eigenvalue weighted by molar-refractivity contribution is 6.05. The summed E-state index contributed by atoms with van der Waals surface area (Å²) in [5.74, 6) is -0.878. The first kappa shape index (κ1) is 23.0. The Morgan fingerprint density at radius 3 is 2.15 bits per heavy atom. The van der Waals surface area contributed by atoms with Gasteiger partial charge >= 0.3 is 6.03 Å². The molecule has 2 saturated heterocycles. The van der Waals surface area contributed by atoms with E-state index in [1.54, 1.807) is 53.4 Å². The van der Waals surface area contributed by atoms with E-state index in [1.807, 2.05) is 0 Å². The lowest BCUT2D eigenvalue weighted by molar-refractivity contribution is -0.125. The van der Waals surface area contributed by atoms with E-state index in [2.05, 4.69) is 16.0 Å². The summed E-state index contributed by atoms with van der Waals surface area (Å²) in [5.41, 5.74) is 2.33. The summed E-state index contributed by atoms with van der Waals surface area (Å²) >= 11 is 0. The number of hydrogen-bond acceptors (Lipinski definition) is 5. The Kier molecular flexibility index (Phi) is 6.86. The third-order valence-electron chi connectivity index (χ3n) is 5.69. The number of nitrogens with zero attached hydrogens (tertiary/aromatic N) is 2. The minimum atomic E-state index is -0.493. The maximum absolute atomic E-state index is 12.6. The fourth-order valence-electron chi connectivity index (χ4n) is 3.83. The molecule has 6 amide bonds. The zero-order chi connectivity index (χ0) is 24.1. The standard InChI is InChI=1S/C24H25N5O5/c30-20(12-14-29-22(32)15-25-24(29)34)26-17-6-8-18(9-7-17)27-23(33)16-4-10-19(11-5-16)28-13-2-1-3-21(28)31/h4-11H,1-3,12-15H2,(H,25,34)(H,26,30)(H,27,33). The monoisotopic (exact) mass is 463 g/mol. The van der Waals surface area contributed by atoms with E-state index in [-0.39, 0.29) is 43.1 Å². The molecule has 2 aromatic rings. The quantitative estimate of drug-likeness (QED) is 0.543. The van der Waals surface area contributed by atoms with Crippen LogP contribution in [0.5, 0.6) is 0 Å². The largest absolute Gasteiger partial charge is 0.329 e. The van der Waals surface area contributed by atoms with Gasteiger partial charge in [-0.25, -0.2) is 4.79 Å². The van der Waals surface area contributed by atoms with Crippen LogP contribution in [0.3, 0.4) is 0 Å². The van der Waals surface area contributed by atoms with Gasteiger partial charge < -0.3 is 20.9 Å². The Labute approximate surface area is 196 Å². The fourth-order valence-corrected chi connectivity index (χ4v) is 3.83. The van der Waals surface area contributed by atoms with Crippen molar-refractivity contribution >= 4 is 46.7 Å². The molecule has 2 fully saturated rings. The molecule has 0 atom stereocenters. The van der Waals surface area contributed by atoms with E-state index in [9.17, 15) is 24.0 Å². The van der Waals surface area contributed by atoms with Crippen molar-refractivity contribution in [3.05, 3.63) is 54.1 Å². The molecular weight excluding hydrogens is 438 g/mol. The van der Waals surface area contributed by atoms with Crippen LogP contribution in [-0.4, -0.2) is 54.2 Å². The topological polar surface area (TPSA) is 128 Å². The number of rotatable bonds is 7. The van der Waals surface area contributed by atoms with Gasteiger partial charge in [-0.05, 0) is 61.4 Å². The molecule has 2 aliphatic heterocycles. The first-order chi connectivity index (χ1) is 16.4. The van der Waals surface area contributed by atoms with Crippen LogP contribution in [0.4, 0.5) is 21.9 Å². The first-order valence-corrected chi connectivity index (χ1v) is 11.1. The molecule has 0 aromatic heterocycles. The van der Waals surface area contributed by atoms with Crippen LogP contribution in [-0.2, 0) is 14.4 Å². The number of nitrogens with one attached hydrogen (secondary N) is 3. The number of amides is 6. The highest BCUT2D eigenvalue weighted by Crippen LogP contribution is 2.22. The van der Waals surface area contributed by atoms with Crippen molar-refractivity contribution in [2.24, 2.45) is 0 Å². The molecule has 2 heterocycles. The highest BCUT2D eigenvalue weighted by Gasteiger charge is 2.28. The summed E-state index contributed by atoms with van der Waals surface area (Å²) in [6, 6.07) is 13.0. The number of benzene rings is 2. The van der Waals surface area contributed by atoms with E-state index < -0.39 is 6.03 Å². The lowest BCUT2D eigenvalue weighted by Gasteiger charge is -2.26. The molecule has 10 heteroatoms. The maximum atomic E-state index is 12.6. The van der Waals surface area contributed by atoms with E-state index in [1.165, 1.54) is 0 Å². The van der Waals surface area contributed by atoms with Crippen LogP contribution in [0, 0.1) is 0 Å². The zero-order valence-corrected chi connectivity index (χ0v) is 18.5. The summed E-state index contributed by atoms with van der Waals surface area (Å²) in [4.78, 5) is 62.5. The molecule has 4 rings (SSSR count). The minimum Gasteiger partial charge on any atom is -0.329 e. The average molecular weight is 463 g/mol. The molecule has 34 heavy (non-hydrogen) atoms. The van der Waals surface area contributed by atoms with Crippen LogP contribution >= 0.6 is 0 Å². The smallest absolute Gasteiger partial charge is 0.324 e. The predicted molar refractivity (Wildman–Crippen MR) is 125 cm³/mol. The number of hydrogen-bond donors (Lipinski definition) is 3. The predicted octanol–water partition coefficient (Wildman–Crippen LogP) is 2.34. The van der Waals surface area contributed by atoms with Gasteiger partial charge in [-0.15, -0.1) is 0 Å². The molecule has 0 aliphatic carbocycles. The first-order valence-electron chi connectivity index (χ1n) is 11.1. The summed E-state index contributed by atoms with van der Waals surface area (Å²) < 4.78 is 0. The molecule has 0 spiro atoms. The molecule has 2 aromatic carbocycles. The van der Waals surface area contributed by atoms with Crippen LogP contribution in [0.2, 0.25) is 0 Å². The van der Waals surface area contributed by atoms with E-state index in [4.69, 9.17) is 0 Å². The molecule has 0 radical (unpaired) electrons. The Morgan fingerprint density at radius 2 is 1.53 bits per heavy atom. The van der Waals surface area contributed by atoms with Gasteiger partial charge in [0.25, 0.3) is 5.91 Å². The van der Waals surface area contributed by atoms with Gasteiger partial charge in [0.1, 0.15) is 0 Å². The van der Waals surface area contributed by atoms with Crippen molar-refractivity contribution < 1.29 is 24.0 Å². The molecule has 0 saturated carbocycles. The number of piperidine rings is 1. The molecule has 176 valence electrons. The van der Waals surface area contributed by atoms with Crippen LogP contribution in [0.25, 0.3) is 0 Å². The van der Waals surface area contributed by atoms with Crippen molar-refractivity contribution in [1.82, 2.24) is 10.2 Å². The van der Waals surface area contributed by atoms with Crippen LogP contribution < -0.4 is 20.9 Å². The average Bonchev–Trinajstić information content (AvgIpc) is 3.16. The summed E-state index contributed by atoms with van der Waals surface area (Å²) in [6.07, 6.45) is 2.42. The molecular formula is C24H25N5O5. The van der Waals surface area contributed by atoms with Gasteiger partial charge in [-0.3, -0.25) is 24.1 Å². The van der Waals surface area contributed by atoms with Crippen molar-refractivity contribution in [3.63, 3.8) is 0 Å². The van der Waals surface area contributed by atoms with Gasteiger partial charge in [0, 0.05) is 48.6 Å². The van der Waals surface area contributed by atoms with E-state index >= 15 is 0 Å². The van der Waals surface area contributed by atoms with Gasteiger partial charge in [-0.2, -0.15) is 0 Å². The molecule has 2 aliphatic rings. The van der Waals surface area contributed by atoms with Crippen molar-refractivity contribution in [2.45, 2.75) is 25.7 Å². The lowest BCUT2D eigenvalue weighted by atomic mass is 10.1. The lowest BCUT2D eigenvalue weighted by Crippen LogP contribution is -2.35. The Hall–Kier alpha value is -4.21. The second-order valence-corrected chi connectivity index (χ2v) is 8.08. The van der Waals surface area contributed by atoms with E-state index in [0.29, 0.717) is 29.9 Å². The minimum absolute atomic E-state index is 0.00928. The van der Waals surface area contributed by atoms with Gasteiger partial charge in [-0.1, -0.05) is 0 Å². The summed E-state index contributed by atoms with van der Waals surface area (Å²) in [7, 11) is 0. The van der Waals surface area contributed by atoms with Crippen molar-refractivity contribution in [1.29, 1.82) is 0 Å². The maximum Gasteiger partial charge on any atom is 0.324 e. The fraction of sp³-hybridized carbons (Fsp3) is 0.292. The Bertz CT molecular complexity index is 1100. The molecule has 0 bridgehead atoms. The van der Waals surface area contributed by atoms with Gasteiger partial charge in [0.15, 0.2) is 0 Å². The Balaban J connectivity index is 1.28. The third kappa shape index (κ3) is 5.40.